The zero-order valence-corrected chi connectivity index (χ0v) is 22.3. The summed E-state index contributed by atoms with van der Waals surface area (Å²) in [6.07, 6.45) is 3.47. The second kappa shape index (κ2) is 14.7. The minimum absolute atomic E-state index is 0.434. The average Bonchev–Trinajstić information content (AvgIpc) is 2.57. The Bertz CT molecular complexity index is 316. The van der Waals surface area contributed by atoms with Crippen LogP contribution in [-0.4, -0.2) is 28.1 Å². The summed E-state index contributed by atoms with van der Waals surface area (Å²) < 4.78 is 26.4. The maximum absolute atomic E-state index is 7.06. The van der Waals surface area contributed by atoms with E-state index < -0.39 is 26.5 Å². The van der Waals surface area contributed by atoms with Crippen molar-refractivity contribution in [3.05, 3.63) is 0 Å². The Balaban J connectivity index is 5.77. The van der Waals surface area contributed by atoms with E-state index in [-0.39, 0.29) is 0 Å². The van der Waals surface area contributed by atoms with Gasteiger partial charge in [-0.2, -0.15) is 0 Å². The molecule has 0 saturated heterocycles. The van der Waals surface area contributed by atoms with Crippen molar-refractivity contribution in [1.82, 2.24) is 0 Å². The molecule has 0 amide bonds. The van der Waals surface area contributed by atoms with E-state index >= 15 is 0 Å². The molecule has 0 aliphatic carbocycles. The summed E-state index contributed by atoms with van der Waals surface area (Å²) in [4.78, 5) is 0. The van der Waals surface area contributed by atoms with Crippen LogP contribution in [0.1, 0.15) is 81.6 Å². The Morgan fingerprint density at radius 2 is 0.889 bits per heavy atom. The van der Waals surface area contributed by atoms with E-state index in [0.29, 0.717) is 37.6 Å². The topological polar surface area (TPSA) is 36.9 Å². The molecule has 0 aliphatic rings. The van der Waals surface area contributed by atoms with E-state index in [0.717, 1.165) is 19.3 Å². The molecule has 0 aromatic carbocycles. The Kier molecular flexibility index (Phi) is 15.1. The van der Waals surface area contributed by atoms with Gasteiger partial charge in [0.05, 0.1) is 0 Å². The average molecular weight is 441 g/mol. The van der Waals surface area contributed by atoms with E-state index in [4.69, 9.17) is 13.0 Å². The molecule has 164 valence electrons. The van der Waals surface area contributed by atoms with Crippen LogP contribution in [0, 0.1) is 17.8 Å². The van der Waals surface area contributed by atoms with Gasteiger partial charge in [-0.1, -0.05) is 0 Å². The van der Waals surface area contributed by atoms with Crippen molar-refractivity contribution in [2.45, 2.75) is 99.7 Å². The summed E-state index contributed by atoms with van der Waals surface area (Å²) in [5.41, 5.74) is 0. The SMILES string of the molecule is CCC[Si](CCC)(CCC)[O][Ti]([O]CC(C)C)([O]CC(C)C)[O]CC(C)C. The molecule has 0 aromatic heterocycles. The molecule has 0 atom stereocenters. The van der Waals surface area contributed by atoms with Gasteiger partial charge >= 0.3 is 177 Å². The Morgan fingerprint density at radius 1 is 0.593 bits per heavy atom. The van der Waals surface area contributed by atoms with Crippen LogP contribution < -0.4 is 0 Å². The summed E-state index contributed by atoms with van der Waals surface area (Å²) in [6.45, 7) is 21.8. The van der Waals surface area contributed by atoms with Gasteiger partial charge in [-0.05, 0) is 0 Å². The van der Waals surface area contributed by atoms with Gasteiger partial charge in [-0.25, -0.2) is 0 Å². The summed E-state index contributed by atoms with van der Waals surface area (Å²) >= 11 is -3.80. The van der Waals surface area contributed by atoms with Crippen molar-refractivity contribution < 1.29 is 31.1 Å². The van der Waals surface area contributed by atoms with E-state index in [1.54, 1.807) is 0 Å². The third-order valence-electron chi connectivity index (χ3n) is 4.24. The van der Waals surface area contributed by atoms with Crippen LogP contribution in [0.25, 0.3) is 0 Å². The van der Waals surface area contributed by atoms with E-state index in [9.17, 15) is 0 Å². The summed E-state index contributed by atoms with van der Waals surface area (Å²) in [7, 11) is -1.94. The first-order valence-corrected chi connectivity index (χ1v) is 16.3. The Labute approximate surface area is 176 Å². The zero-order chi connectivity index (χ0) is 20.9. The van der Waals surface area contributed by atoms with Crippen LogP contribution in [0.5, 0.6) is 0 Å². The molecule has 4 nitrogen and oxygen atoms in total. The van der Waals surface area contributed by atoms with Crippen LogP contribution in [0.4, 0.5) is 0 Å². The van der Waals surface area contributed by atoms with Crippen LogP contribution in [0.15, 0.2) is 0 Å². The van der Waals surface area contributed by atoms with Crippen LogP contribution in [0.3, 0.4) is 0 Å². The van der Waals surface area contributed by atoms with Gasteiger partial charge in [0.15, 0.2) is 0 Å². The quantitative estimate of drug-likeness (QED) is 0.228. The van der Waals surface area contributed by atoms with E-state index in [1.165, 1.54) is 18.1 Å². The van der Waals surface area contributed by atoms with Gasteiger partial charge < -0.3 is 0 Å². The molecule has 0 spiro atoms. The number of hydrogen-bond donors (Lipinski definition) is 0. The molecule has 0 N–H and O–H groups in total. The van der Waals surface area contributed by atoms with E-state index in [1.807, 2.05) is 0 Å². The second-order valence-electron chi connectivity index (χ2n) is 9.15. The fraction of sp³-hybridized carbons (Fsp3) is 1.00. The monoisotopic (exact) mass is 440 g/mol. The summed E-state index contributed by atoms with van der Waals surface area (Å²) in [5.74, 6) is 1.30. The molecule has 0 saturated carbocycles. The van der Waals surface area contributed by atoms with Crippen LogP contribution in [0.2, 0.25) is 18.1 Å². The van der Waals surface area contributed by atoms with Gasteiger partial charge in [0.25, 0.3) is 0 Å². The maximum atomic E-state index is 7.06. The predicted molar refractivity (Wildman–Crippen MR) is 115 cm³/mol. The van der Waals surface area contributed by atoms with Gasteiger partial charge in [-0.15, -0.1) is 0 Å². The number of rotatable bonds is 17. The molecule has 0 unspecified atom stereocenters. The van der Waals surface area contributed by atoms with Crippen molar-refractivity contribution in [3.8, 4) is 0 Å². The fourth-order valence-corrected chi connectivity index (χ4v) is 15.3. The second-order valence-corrected chi connectivity index (χ2v) is 17.1. The van der Waals surface area contributed by atoms with Crippen molar-refractivity contribution in [2.75, 3.05) is 19.8 Å². The van der Waals surface area contributed by atoms with Crippen LogP contribution >= 0.6 is 0 Å². The predicted octanol–water partition coefficient (Wildman–Crippen LogP) is 7.01. The fourth-order valence-electron chi connectivity index (χ4n) is 3.18. The molecule has 0 bridgehead atoms. The van der Waals surface area contributed by atoms with Crippen LogP contribution in [-0.2, 0) is 31.1 Å². The standard InChI is InChI=1S/C9H21OSi.3C4H9O.Ti/c1-4-7-11(10,8-5-2)9-6-3;3*1-4(2)3-5;/h4-9H2,1-3H3;3*4H,3H2,1-2H3;/q4*-1;+4. The van der Waals surface area contributed by atoms with Gasteiger partial charge in [-0.3, -0.25) is 0 Å². The van der Waals surface area contributed by atoms with Crippen molar-refractivity contribution in [3.63, 3.8) is 0 Å². The summed E-state index contributed by atoms with van der Waals surface area (Å²) in [5, 5.41) is 0. The van der Waals surface area contributed by atoms with Gasteiger partial charge in [0.1, 0.15) is 0 Å². The Morgan fingerprint density at radius 3 is 1.11 bits per heavy atom. The van der Waals surface area contributed by atoms with Gasteiger partial charge in [0.2, 0.25) is 0 Å². The normalized spacial score (nSPS) is 13.3. The third-order valence-corrected chi connectivity index (χ3v) is 14.8. The van der Waals surface area contributed by atoms with E-state index in [2.05, 4.69) is 62.3 Å². The van der Waals surface area contributed by atoms with Crippen molar-refractivity contribution >= 4 is 8.32 Å². The Hall–Kier alpha value is 0.771. The van der Waals surface area contributed by atoms with Crippen molar-refractivity contribution in [2.24, 2.45) is 17.8 Å². The van der Waals surface area contributed by atoms with Crippen molar-refractivity contribution in [1.29, 1.82) is 0 Å². The molecule has 0 aromatic rings. The summed E-state index contributed by atoms with van der Waals surface area (Å²) in [6, 6.07) is 3.51. The third kappa shape index (κ3) is 12.1. The molecule has 0 fully saturated rings. The van der Waals surface area contributed by atoms with Gasteiger partial charge in [0, 0.05) is 0 Å². The molecule has 0 heterocycles. The molecule has 6 heteroatoms. The minimum atomic E-state index is -3.80. The molecular weight excluding hydrogens is 392 g/mol. The molecule has 0 rings (SSSR count). The zero-order valence-electron chi connectivity index (χ0n) is 19.7. The first-order chi connectivity index (χ1) is 12.6. The molecule has 0 radical (unpaired) electrons. The molecule has 27 heavy (non-hydrogen) atoms. The number of hydrogen-bond acceptors (Lipinski definition) is 4. The first-order valence-electron chi connectivity index (χ1n) is 11.3. The molecular formula is C21H48O4SiTi. The first kappa shape index (κ1) is 27.8. The molecule has 0 aliphatic heterocycles.